The monoisotopic (exact) mass is 280 g/mol. The quantitative estimate of drug-likeness (QED) is 0.844. The van der Waals surface area contributed by atoms with Gasteiger partial charge in [-0.05, 0) is 31.1 Å². The van der Waals surface area contributed by atoms with Crippen LogP contribution in [0.3, 0.4) is 0 Å². The van der Waals surface area contributed by atoms with Crippen molar-refractivity contribution in [2.24, 2.45) is 11.3 Å². The fourth-order valence-electron chi connectivity index (χ4n) is 3.48. The summed E-state index contributed by atoms with van der Waals surface area (Å²) in [6.45, 7) is 8.76. The first-order valence-corrected chi connectivity index (χ1v) is 7.90. The summed E-state index contributed by atoms with van der Waals surface area (Å²) in [6, 6.07) is -0.149. The van der Waals surface area contributed by atoms with Gasteiger partial charge in [0.2, 0.25) is 11.8 Å². The highest BCUT2D eigenvalue weighted by molar-refractivity contribution is 5.90. The lowest BCUT2D eigenvalue weighted by molar-refractivity contribution is -0.139. The average Bonchev–Trinajstić information content (AvgIpc) is 2.83. The number of nitrogens with zero attached hydrogens (tertiary/aromatic N) is 1. The van der Waals surface area contributed by atoms with Crippen molar-refractivity contribution in [1.29, 1.82) is 0 Å². The lowest BCUT2D eigenvalue weighted by Gasteiger charge is -2.37. The minimum atomic E-state index is -0.402. The maximum absolute atomic E-state index is 12.8. The van der Waals surface area contributed by atoms with Gasteiger partial charge in [0.05, 0.1) is 0 Å². The van der Waals surface area contributed by atoms with Crippen molar-refractivity contribution < 1.29 is 9.59 Å². The fourth-order valence-corrected chi connectivity index (χ4v) is 3.48. The zero-order valence-corrected chi connectivity index (χ0v) is 13.2. The molecule has 2 fully saturated rings. The Morgan fingerprint density at radius 3 is 2.35 bits per heavy atom. The smallest absolute Gasteiger partial charge is 0.245 e. The van der Waals surface area contributed by atoms with Gasteiger partial charge in [-0.1, -0.05) is 33.6 Å². The zero-order valence-electron chi connectivity index (χ0n) is 13.2. The Morgan fingerprint density at radius 1 is 1.20 bits per heavy atom. The molecule has 1 saturated heterocycles. The number of carbonyl (C=O) groups excluding carboxylic acids is 2. The Kier molecular flexibility index (Phi) is 4.40. The second-order valence-corrected chi connectivity index (χ2v) is 7.43. The number of carbonyl (C=O) groups is 2. The molecule has 114 valence electrons. The average molecular weight is 280 g/mol. The third kappa shape index (κ3) is 3.15. The van der Waals surface area contributed by atoms with Crippen LogP contribution in [0.5, 0.6) is 0 Å². The molecule has 0 bridgehead atoms. The summed E-state index contributed by atoms with van der Waals surface area (Å²) in [5.41, 5.74) is -0.245. The van der Waals surface area contributed by atoms with Gasteiger partial charge in [0.1, 0.15) is 6.04 Å². The lowest BCUT2D eigenvalue weighted by Crippen LogP contribution is -2.54. The van der Waals surface area contributed by atoms with Crippen molar-refractivity contribution in [2.45, 2.75) is 71.9 Å². The second kappa shape index (κ2) is 5.74. The highest BCUT2D eigenvalue weighted by Gasteiger charge is 2.40. The Bertz CT molecular complexity index is 380. The van der Waals surface area contributed by atoms with Crippen molar-refractivity contribution in [3.05, 3.63) is 0 Å². The Hall–Kier alpha value is -1.06. The van der Waals surface area contributed by atoms with E-state index in [0.29, 0.717) is 18.9 Å². The van der Waals surface area contributed by atoms with Gasteiger partial charge in [0.15, 0.2) is 0 Å². The molecule has 2 amide bonds. The summed E-state index contributed by atoms with van der Waals surface area (Å²) in [5.74, 6) is 0.704. The molecule has 1 N–H and O–H groups in total. The van der Waals surface area contributed by atoms with Gasteiger partial charge in [0.25, 0.3) is 0 Å². The molecule has 1 aliphatic heterocycles. The number of nitrogens with one attached hydrogen (secondary N) is 1. The minimum absolute atomic E-state index is 0.000558. The first-order valence-electron chi connectivity index (χ1n) is 7.90. The summed E-state index contributed by atoms with van der Waals surface area (Å²) < 4.78 is 0. The molecule has 0 radical (unpaired) electrons. The van der Waals surface area contributed by atoms with Gasteiger partial charge in [-0.3, -0.25) is 9.59 Å². The van der Waals surface area contributed by atoms with E-state index in [1.807, 2.05) is 25.7 Å². The molecule has 1 heterocycles. The fraction of sp³-hybridized carbons (Fsp3) is 0.875. The van der Waals surface area contributed by atoms with Crippen molar-refractivity contribution in [2.75, 3.05) is 6.54 Å². The van der Waals surface area contributed by atoms with Crippen molar-refractivity contribution in [3.8, 4) is 0 Å². The highest BCUT2D eigenvalue weighted by Crippen LogP contribution is 2.32. The second-order valence-electron chi connectivity index (χ2n) is 7.43. The predicted octanol–water partition coefficient (Wildman–Crippen LogP) is 2.33. The maximum Gasteiger partial charge on any atom is 0.245 e. The van der Waals surface area contributed by atoms with Gasteiger partial charge in [-0.2, -0.15) is 0 Å². The molecule has 1 saturated carbocycles. The Balaban J connectivity index is 2.18. The first-order chi connectivity index (χ1) is 9.30. The van der Waals surface area contributed by atoms with Crippen LogP contribution in [0.25, 0.3) is 0 Å². The van der Waals surface area contributed by atoms with E-state index >= 15 is 0 Å². The topological polar surface area (TPSA) is 49.4 Å². The minimum Gasteiger partial charge on any atom is -0.344 e. The molecule has 0 aromatic rings. The number of hydrogen-bond donors (Lipinski definition) is 1. The standard InChI is InChI=1S/C16H28N2O2/c1-11(12-7-5-6-8-12)18-10-9-13(19)17-14(15(18)20)16(2,3)4/h11-12,14H,5-10H2,1-4H3,(H,17,19). The van der Waals surface area contributed by atoms with Crippen LogP contribution in [-0.4, -0.2) is 35.3 Å². The van der Waals surface area contributed by atoms with E-state index in [1.54, 1.807) is 0 Å². The van der Waals surface area contributed by atoms with Crippen molar-refractivity contribution in [3.63, 3.8) is 0 Å². The molecule has 0 aromatic heterocycles. The molecule has 2 rings (SSSR count). The molecule has 0 aromatic carbocycles. The third-order valence-corrected chi connectivity index (χ3v) is 4.85. The van der Waals surface area contributed by atoms with Crippen LogP contribution >= 0.6 is 0 Å². The maximum atomic E-state index is 12.8. The van der Waals surface area contributed by atoms with Crippen molar-refractivity contribution in [1.82, 2.24) is 10.2 Å². The lowest BCUT2D eigenvalue weighted by atomic mass is 9.85. The van der Waals surface area contributed by atoms with E-state index in [4.69, 9.17) is 0 Å². The molecular formula is C16H28N2O2. The van der Waals surface area contributed by atoms with E-state index in [-0.39, 0.29) is 23.3 Å². The molecular weight excluding hydrogens is 252 g/mol. The normalized spacial score (nSPS) is 27.4. The summed E-state index contributed by atoms with van der Waals surface area (Å²) >= 11 is 0. The highest BCUT2D eigenvalue weighted by atomic mass is 16.2. The summed E-state index contributed by atoms with van der Waals surface area (Å²) in [7, 11) is 0. The van der Waals surface area contributed by atoms with Gasteiger partial charge >= 0.3 is 0 Å². The number of rotatable bonds is 2. The predicted molar refractivity (Wildman–Crippen MR) is 79.1 cm³/mol. The molecule has 2 atom stereocenters. The van der Waals surface area contributed by atoms with Gasteiger partial charge in [0, 0.05) is 19.0 Å². The first kappa shape index (κ1) is 15.3. The van der Waals surface area contributed by atoms with E-state index in [1.165, 1.54) is 25.7 Å². The van der Waals surface area contributed by atoms with E-state index in [0.717, 1.165) is 0 Å². The van der Waals surface area contributed by atoms with Crippen LogP contribution in [-0.2, 0) is 9.59 Å². The van der Waals surface area contributed by atoms with Crippen LogP contribution in [0.4, 0.5) is 0 Å². The summed E-state index contributed by atoms with van der Waals surface area (Å²) in [6.07, 6.45) is 5.40. The van der Waals surface area contributed by atoms with Gasteiger partial charge in [-0.25, -0.2) is 0 Å². The molecule has 2 unspecified atom stereocenters. The summed E-state index contributed by atoms with van der Waals surface area (Å²) in [4.78, 5) is 26.7. The molecule has 2 aliphatic rings. The van der Waals surface area contributed by atoms with Crippen LogP contribution in [0.1, 0.15) is 59.8 Å². The van der Waals surface area contributed by atoms with Crippen molar-refractivity contribution >= 4 is 11.8 Å². The van der Waals surface area contributed by atoms with E-state index < -0.39 is 6.04 Å². The molecule has 0 spiro atoms. The molecule has 1 aliphatic carbocycles. The molecule has 20 heavy (non-hydrogen) atoms. The zero-order chi connectivity index (χ0) is 14.9. The van der Waals surface area contributed by atoms with Gasteiger partial charge in [-0.15, -0.1) is 0 Å². The number of hydrogen-bond acceptors (Lipinski definition) is 2. The van der Waals surface area contributed by atoms with E-state index in [2.05, 4.69) is 12.2 Å². The Morgan fingerprint density at radius 2 is 1.80 bits per heavy atom. The largest absolute Gasteiger partial charge is 0.344 e. The van der Waals surface area contributed by atoms with E-state index in [9.17, 15) is 9.59 Å². The SMILES string of the molecule is CC(C1CCCC1)N1CCC(=O)NC(C(C)(C)C)C1=O. The molecule has 4 heteroatoms. The van der Waals surface area contributed by atoms with Crippen LogP contribution < -0.4 is 5.32 Å². The molecule has 4 nitrogen and oxygen atoms in total. The van der Waals surface area contributed by atoms with Crippen LogP contribution in [0.15, 0.2) is 0 Å². The van der Waals surface area contributed by atoms with Crippen LogP contribution in [0, 0.1) is 11.3 Å². The van der Waals surface area contributed by atoms with Gasteiger partial charge < -0.3 is 10.2 Å². The number of amides is 2. The summed E-state index contributed by atoms with van der Waals surface area (Å²) in [5, 5.41) is 2.91. The Labute approximate surface area is 122 Å². The third-order valence-electron chi connectivity index (χ3n) is 4.85. The van der Waals surface area contributed by atoms with Crippen LogP contribution in [0.2, 0.25) is 0 Å².